The fourth-order valence-corrected chi connectivity index (χ4v) is 2.13. The Bertz CT molecular complexity index is 689. The average Bonchev–Trinajstić information content (AvgIpc) is 2.99. The van der Waals surface area contributed by atoms with Crippen LogP contribution in [0.1, 0.15) is 47.1 Å². The molecule has 6 nitrogen and oxygen atoms in total. The number of hydrogen-bond acceptors (Lipinski definition) is 5. The summed E-state index contributed by atoms with van der Waals surface area (Å²) in [6.45, 7) is 6.14. The van der Waals surface area contributed by atoms with Gasteiger partial charge in [0.1, 0.15) is 0 Å². The maximum atomic E-state index is 11.7. The lowest BCUT2D eigenvalue weighted by molar-refractivity contribution is -0.124. The SMILES string of the molecule is Cc1cc(C(=O)OCC(=O)NCCc2ccc(C(C)C)cc2)on1. The lowest BCUT2D eigenvalue weighted by atomic mass is 10.0. The number of ether oxygens (including phenoxy) is 1. The van der Waals surface area contributed by atoms with Crippen molar-refractivity contribution in [3.05, 3.63) is 52.9 Å². The number of nitrogens with zero attached hydrogens (tertiary/aromatic N) is 1. The van der Waals surface area contributed by atoms with Gasteiger partial charge in [0.2, 0.25) is 5.76 Å². The monoisotopic (exact) mass is 330 g/mol. The smallest absolute Gasteiger partial charge is 0.377 e. The Morgan fingerprint density at radius 2 is 1.96 bits per heavy atom. The van der Waals surface area contributed by atoms with E-state index in [2.05, 4.69) is 48.6 Å². The molecule has 0 saturated heterocycles. The second-order valence-electron chi connectivity index (χ2n) is 5.90. The van der Waals surface area contributed by atoms with Gasteiger partial charge in [0, 0.05) is 12.6 Å². The molecule has 128 valence electrons. The van der Waals surface area contributed by atoms with E-state index in [0.29, 0.717) is 18.2 Å². The third kappa shape index (κ3) is 5.22. The molecule has 0 fully saturated rings. The molecule has 1 aromatic heterocycles. The third-order valence-corrected chi connectivity index (χ3v) is 3.55. The van der Waals surface area contributed by atoms with Crippen LogP contribution in [0.2, 0.25) is 0 Å². The van der Waals surface area contributed by atoms with Crippen LogP contribution in [0.25, 0.3) is 0 Å². The molecule has 0 saturated carbocycles. The zero-order chi connectivity index (χ0) is 17.5. The number of rotatable bonds is 7. The van der Waals surface area contributed by atoms with Crippen molar-refractivity contribution in [3.8, 4) is 0 Å². The molecule has 0 spiro atoms. The van der Waals surface area contributed by atoms with Crippen molar-refractivity contribution in [2.75, 3.05) is 13.2 Å². The van der Waals surface area contributed by atoms with Crippen LogP contribution in [0.5, 0.6) is 0 Å². The molecule has 1 aromatic carbocycles. The average molecular weight is 330 g/mol. The lowest BCUT2D eigenvalue weighted by Crippen LogP contribution is -2.30. The Labute approximate surface area is 141 Å². The van der Waals surface area contributed by atoms with Crippen LogP contribution in [-0.4, -0.2) is 30.2 Å². The van der Waals surface area contributed by atoms with Gasteiger partial charge in [0.25, 0.3) is 5.91 Å². The van der Waals surface area contributed by atoms with E-state index < -0.39 is 5.97 Å². The number of hydrogen-bond donors (Lipinski definition) is 1. The predicted octanol–water partition coefficient (Wildman–Crippen LogP) is 2.62. The minimum atomic E-state index is -0.699. The summed E-state index contributed by atoms with van der Waals surface area (Å²) >= 11 is 0. The van der Waals surface area contributed by atoms with E-state index in [4.69, 9.17) is 9.26 Å². The molecule has 0 unspecified atom stereocenters. The van der Waals surface area contributed by atoms with Gasteiger partial charge in [0.05, 0.1) is 5.69 Å². The second-order valence-corrected chi connectivity index (χ2v) is 5.90. The van der Waals surface area contributed by atoms with Crippen LogP contribution in [-0.2, 0) is 16.0 Å². The number of nitrogens with one attached hydrogen (secondary N) is 1. The fraction of sp³-hybridized carbons (Fsp3) is 0.389. The number of carbonyl (C=O) groups excluding carboxylic acids is 2. The van der Waals surface area contributed by atoms with E-state index >= 15 is 0 Å². The number of carbonyl (C=O) groups is 2. The molecule has 0 aliphatic carbocycles. The Morgan fingerprint density at radius 1 is 1.25 bits per heavy atom. The first-order chi connectivity index (χ1) is 11.5. The normalized spacial score (nSPS) is 10.7. The van der Waals surface area contributed by atoms with Gasteiger partial charge < -0.3 is 14.6 Å². The van der Waals surface area contributed by atoms with Crippen LogP contribution in [0, 0.1) is 6.92 Å². The summed E-state index contributed by atoms with van der Waals surface area (Å²) in [5.41, 5.74) is 3.01. The molecule has 0 radical (unpaired) electrons. The highest BCUT2D eigenvalue weighted by Crippen LogP contribution is 2.14. The highest BCUT2D eigenvalue weighted by molar-refractivity contribution is 5.88. The highest BCUT2D eigenvalue weighted by Gasteiger charge is 2.14. The van der Waals surface area contributed by atoms with E-state index in [1.54, 1.807) is 6.92 Å². The largest absolute Gasteiger partial charge is 0.450 e. The standard InChI is InChI=1S/C18H22N2O4/c1-12(2)15-6-4-14(5-7-15)8-9-19-17(21)11-23-18(22)16-10-13(3)20-24-16/h4-7,10,12H,8-9,11H2,1-3H3,(H,19,21). The van der Waals surface area contributed by atoms with Crippen molar-refractivity contribution in [2.24, 2.45) is 0 Å². The molecule has 1 N–H and O–H groups in total. The summed E-state index contributed by atoms with van der Waals surface area (Å²) in [4.78, 5) is 23.3. The summed E-state index contributed by atoms with van der Waals surface area (Å²) in [5.74, 6) is -0.555. The van der Waals surface area contributed by atoms with Gasteiger partial charge in [-0.1, -0.05) is 43.3 Å². The van der Waals surface area contributed by atoms with E-state index in [1.807, 2.05) is 0 Å². The molecule has 1 amide bonds. The minimum Gasteiger partial charge on any atom is -0.450 e. The van der Waals surface area contributed by atoms with Gasteiger partial charge in [-0.15, -0.1) is 0 Å². The topological polar surface area (TPSA) is 81.4 Å². The second kappa shape index (κ2) is 8.29. The van der Waals surface area contributed by atoms with Crippen molar-refractivity contribution in [2.45, 2.75) is 33.1 Å². The van der Waals surface area contributed by atoms with Crippen molar-refractivity contribution in [1.82, 2.24) is 10.5 Å². The Balaban J connectivity index is 1.68. The molecule has 24 heavy (non-hydrogen) atoms. The summed E-state index contributed by atoms with van der Waals surface area (Å²) in [6, 6.07) is 9.79. The zero-order valence-electron chi connectivity index (χ0n) is 14.2. The summed E-state index contributed by atoms with van der Waals surface area (Å²) in [5, 5.41) is 6.31. The Hall–Kier alpha value is -2.63. The van der Waals surface area contributed by atoms with Crippen LogP contribution >= 0.6 is 0 Å². The molecule has 0 aliphatic heterocycles. The van der Waals surface area contributed by atoms with E-state index in [0.717, 1.165) is 12.0 Å². The molecule has 2 aromatic rings. The molecule has 1 heterocycles. The van der Waals surface area contributed by atoms with Crippen LogP contribution in [0.4, 0.5) is 0 Å². The van der Waals surface area contributed by atoms with Gasteiger partial charge in [-0.05, 0) is 30.4 Å². The first-order valence-corrected chi connectivity index (χ1v) is 7.91. The maximum absolute atomic E-state index is 11.7. The zero-order valence-corrected chi connectivity index (χ0v) is 14.2. The molecule has 0 atom stereocenters. The third-order valence-electron chi connectivity index (χ3n) is 3.55. The van der Waals surface area contributed by atoms with E-state index in [9.17, 15) is 9.59 Å². The van der Waals surface area contributed by atoms with Gasteiger partial charge in [-0.2, -0.15) is 0 Å². The highest BCUT2D eigenvalue weighted by atomic mass is 16.6. The first-order valence-electron chi connectivity index (χ1n) is 7.91. The number of esters is 1. The van der Waals surface area contributed by atoms with Crippen LogP contribution in [0.3, 0.4) is 0 Å². The lowest BCUT2D eigenvalue weighted by Gasteiger charge is -2.08. The molecule has 0 bridgehead atoms. The van der Waals surface area contributed by atoms with Crippen molar-refractivity contribution in [3.63, 3.8) is 0 Å². The van der Waals surface area contributed by atoms with Crippen molar-refractivity contribution < 1.29 is 18.8 Å². The van der Waals surface area contributed by atoms with Gasteiger partial charge in [-0.25, -0.2) is 4.79 Å². The van der Waals surface area contributed by atoms with Gasteiger partial charge >= 0.3 is 5.97 Å². The quantitative estimate of drug-likeness (QED) is 0.789. The van der Waals surface area contributed by atoms with E-state index in [-0.39, 0.29) is 18.3 Å². The van der Waals surface area contributed by atoms with Crippen LogP contribution in [0.15, 0.2) is 34.9 Å². The molecular formula is C18H22N2O4. The Morgan fingerprint density at radius 3 is 2.54 bits per heavy atom. The van der Waals surface area contributed by atoms with Crippen LogP contribution < -0.4 is 5.32 Å². The van der Waals surface area contributed by atoms with Crippen molar-refractivity contribution in [1.29, 1.82) is 0 Å². The molecule has 6 heteroatoms. The molecule has 2 rings (SSSR count). The number of aromatic nitrogens is 1. The summed E-state index contributed by atoms with van der Waals surface area (Å²) in [6.07, 6.45) is 0.722. The minimum absolute atomic E-state index is 0.00876. The predicted molar refractivity (Wildman–Crippen MR) is 88.8 cm³/mol. The summed E-state index contributed by atoms with van der Waals surface area (Å²) < 4.78 is 9.63. The van der Waals surface area contributed by atoms with Gasteiger partial charge in [0.15, 0.2) is 6.61 Å². The molecular weight excluding hydrogens is 308 g/mol. The van der Waals surface area contributed by atoms with E-state index in [1.165, 1.54) is 11.6 Å². The van der Waals surface area contributed by atoms with Crippen molar-refractivity contribution >= 4 is 11.9 Å². The first kappa shape index (κ1) is 17.7. The Kier molecular flexibility index (Phi) is 6.12. The number of aryl methyl sites for hydroxylation is 1. The van der Waals surface area contributed by atoms with Gasteiger partial charge in [-0.3, -0.25) is 4.79 Å². The number of amides is 1. The molecule has 0 aliphatic rings. The number of benzene rings is 1. The maximum Gasteiger partial charge on any atom is 0.377 e. The summed E-state index contributed by atoms with van der Waals surface area (Å²) in [7, 11) is 0. The fourth-order valence-electron chi connectivity index (χ4n) is 2.13.